The van der Waals surface area contributed by atoms with Crippen LogP contribution < -0.4 is 10.6 Å². The Morgan fingerprint density at radius 1 is 1.21 bits per heavy atom. The van der Waals surface area contributed by atoms with Gasteiger partial charge in [0.15, 0.2) is 5.96 Å². The summed E-state index contributed by atoms with van der Waals surface area (Å²) in [4.78, 5) is 6.91. The lowest BCUT2D eigenvalue weighted by molar-refractivity contribution is 0.185. The summed E-state index contributed by atoms with van der Waals surface area (Å²) in [5, 5.41) is 6.98. The number of benzene rings is 1. The summed E-state index contributed by atoms with van der Waals surface area (Å²) >= 11 is 0. The van der Waals surface area contributed by atoms with Crippen LogP contribution in [-0.4, -0.2) is 50.7 Å². The molecule has 0 atom stereocenters. The molecule has 1 aromatic carbocycles. The molecule has 0 unspecified atom stereocenters. The van der Waals surface area contributed by atoms with E-state index in [9.17, 15) is 0 Å². The molecule has 5 nitrogen and oxygen atoms in total. The third-order valence-corrected chi connectivity index (χ3v) is 4.49. The lowest BCUT2D eigenvalue weighted by atomic mass is 10.1. The highest BCUT2D eigenvalue weighted by Crippen LogP contribution is 2.10. The van der Waals surface area contributed by atoms with Crippen molar-refractivity contribution in [2.24, 2.45) is 4.99 Å². The lowest BCUT2D eigenvalue weighted by Crippen LogP contribution is -2.48. The van der Waals surface area contributed by atoms with Gasteiger partial charge in [0.1, 0.15) is 0 Å². The molecule has 2 N–H and O–H groups in total. The SMILES string of the molecule is CCCN1CCC(NC(=NC)NCc2ccc(COC)cc2)CC1. The first kappa shape index (κ1) is 18.7. The van der Waals surface area contributed by atoms with Gasteiger partial charge in [-0.25, -0.2) is 0 Å². The minimum absolute atomic E-state index is 0.522. The molecule has 0 aliphatic carbocycles. The molecular formula is C19H32N4O. The zero-order chi connectivity index (χ0) is 17.2. The van der Waals surface area contributed by atoms with Crippen molar-refractivity contribution < 1.29 is 4.74 Å². The second kappa shape index (κ2) is 10.3. The Bertz CT molecular complexity index is 493. The van der Waals surface area contributed by atoms with E-state index in [0.717, 1.165) is 12.5 Å². The van der Waals surface area contributed by atoms with E-state index >= 15 is 0 Å². The van der Waals surface area contributed by atoms with E-state index in [4.69, 9.17) is 4.74 Å². The highest BCUT2D eigenvalue weighted by Gasteiger charge is 2.19. The minimum Gasteiger partial charge on any atom is -0.380 e. The van der Waals surface area contributed by atoms with E-state index in [-0.39, 0.29) is 0 Å². The smallest absolute Gasteiger partial charge is 0.191 e. The van der Waals surface area contributed by atoms with Gasteiger partial charge in [0.05, 0.1) is 6.61 Å². The highest BCUT2D eigenvalue weighted by atomic mass is 16.5. The molecule has 1 aliphatic rings. The van der Waals surface area contributed by atoms with E-state index in [0.29, 0.717) is 12.6 Å². The van der Waals surface area contributed by atoms with Gasteiger partial charge in [0, 0.05) is 39.8 Å². The van der Waals surface area contributed by atoms with Crippen molar-refractivity contribution in [1.29, 1.82) is 0 Å². The molecule has 0 bridgehead atoms. The number of nitrogens with one attached hydrogen (secondary N) is 2. The Balaban J connectivity index is 1.74. The Kier molecular flexibility index (Phi) is 8.05. The minimum atomic E-state index is 0.522. The van der Waals surface area contributed by atoms with E-state index < -0.39 is 0 Å². The number of piperidine rings is 1. The Hall–Kier alpha value is -1.59. The predicted octanol–water partition coefficient (Wildman–Crippen LogP) is 2.37. The fourth-order valence-corrected chi connectivity index (χ4v) is 3.11. The van der Waals surface area contributed by atoms with Gasteiger partial charge in [0.2, 0.25) is 0 Å². The first-order valence-electron chi connectivity index (χ1n) is 9.01. The summed E-state index contributed by atoms with van der Waals surface area (Å²) in [6.07, 6.45) is 3.61. The van der Waals surface area contributed by atoms with Crippen molar-refractivity contribution >= 4 is 5.96 Å². The van der Waals surface area contributed by atoms with Crippen molar-refractivity contribution in [3.63, 3.8) is 0 Å². The van der Waals surface area contributed by atoms with Gasteiger partial charge in [0.25, 0.3) is 0 Å². The Morgan fingerprint density at radius 3 is 2.46 bits per heavy atom. The van der Waals surface area contributed by atoms with Gasteiger partial charge in [-0.15, -0.1) is 0 Å². The van der Waals surface area contributed by atoms with Gasteiger partial charge in [-0.2, -0.15) is 0 Å². The number of rotatable bonds is 7. The maximum absolute atomic E-state index is 5.14. The third kappa shape index (κ3) is 6.13. The van der Waals surface area contributed by atoms with Crippen LogP contribution >= 0.6 is 0 Å². The number of hydrogen-bond acceptors (Lipinski definition) is 3. The predicted molar refractivity (Wildman–Crippen MR) is 100 cm³/mol. The van der Waals surface area contributed by atoms with Gasteiger partial charge in [-0.3, -0.25) is 4.99 Å². The van der Waals surface area contributed by atoms with E-state index in [2.05, 4.69) is 51.7 Å². The summed E-state index contributed by atoms with van der Waals surface area (Å²) in [6.45, 7) is 7.28. The van der Waals surface area contributed by atoms with Crippen LogP contribution in [0.25, 0.3) is 0 Å². The molecule has 0 radical (unpaired) electrons. The number of likely N-dealkylation sites (tertiary alicyclic amines) is 1. The van der Waals surface area contributed by atoms with Crippen LogP contribution in [0.5, 0.6) is 0 Å². The highest BCUT2D eigenvalue weighted by molar-refractivity contribution is 5.79. The van der Waals surface area contributed by atoms with Gasteiger partial charge < -0.3 is 20.3 Å². The molecule has 1 fully saturated rings. The number of guanidine groups is 1. The van der Waals surface area contributed by atoms with Gasteiger partial charge >= 0.3 is 0 Å². The average molecular weight is 332 g/mol. The van der Waals surface area contributed by atoms with Crippen molar-refractivity contribution in [1.82, 2.24) is 15.5 Å². The fraction of sp³-hybridized carbons (Fsp3) is 0.632. The largest absolute Gasteiger partial charge is 0.380 e. The van der Waals surface area contributed by atoms with Crippen molar-refractivity contribution in [3.05, 3.63) is 35.4 Å². The molecule has 24 heavy (non-hydrogen) atoms. The summed E-state index contributed by atoms with van der Waals surface area (Å²) in [5.41, 5.74) is 2.44. The van der Waals surface area contributed by atoms with Crippen LogP contribution in [0.4, 0.5) is 0 Å². The number of methoxy groups -OCH3 is 1. The van der Waals surface area contributed by atoms with Crippen LogP contribution in [0.1, 0.15) is 37.3 Å². The van der Waals surface area contributed by atoms with Gasteiger partial charge in [-0.05, 0) is 36.9 Å². The first-order valence-corrected chi connectivity index (χ1v) is 9.01. The molecule has 134 valence electrons. The number of hydrogen-bond donors (Lipinski definition) is 2. The number of ether oxygens (including phenoxy) is 1. The molecule has 1 saturated heterocycles. The summed E-state index contributed by atoms with van der Waals surface area (Å²) < 4.78 is 5.14. The maximum atomic E-state index is 5.14. The van der Waals surface area contributed by atoms with E-state index in [1.807, 2.05) is 7.05 Å². The summed E-state index contributed by atoms with van der Waals surface area (Å²) in [5.74, 6) is 0.893. The van der Waals surface area contributed by atoms with Crippen LogP contribution in [0.3, 0.4) is 0 Å². The van der Waals surface area contributed by atoms with Crippen LogP contribution in [0.15, 0.2) is 29.3 Å². The lowest BCUT2D eigenvalue weighted by Gasteiger charge is -2.32. The Labute approximate surface area is 146 Å². The maximum Gasteiger partial charge on any atom is 0.191 e. The molecule has 0 spiro atoms. The molecular weight excluding hydrogens is 300 g/mol. The normalized spacial score (nSPS) is 17.0. The quantitative estimate of drug-likeness (QED) is 0.594. The zero-order valence-electron chi connectivity index (χ0n) is 15.3. The molecule has 1 heterocycles. The summed E-state index contributed by atoms with van der Waals surface area (Å²) in [7, 11) is 3.56. The molecule has 1 aliphatic heterocycles. The monoisotopic (exact) mass is 332 g/mol. The van der Waals surface area contributed by atoms with Crippen molar-refractivity contribution in [3.8, 4) is 0 Å². The van der Waals surface area contributed by atoms with E-state index in [1.165, 1.54) is 50.0 Å². The van der Waals surface area contributed by atoms with Crippen LogP contribution in [0, 0.1) is 0 Å². The van der Waals surface area contributed by atoms with Crippen molar-refractivity contribution in [2.45, 2.75) is 45.4 Å². The number of nitrogens with zero attached hydrogens (tertiary/aromatic N) is 2. The zero-order valence-corrected chi connectivity index (χ0v) is 15.3. The second-order valence-corrected chi connectivity index (χ2v) is 6.44. The number of aliphatic imine (C=N–C) groups is 1. The third-order valence-electron chi connectivity index (χ3n) is 4.49. The second-order valence-electron chi connectivity index (χ2n) is 6.44. The van der Waals surface area contributed by atoms with Gasteiger partial charge in [-0.1, -0.05) is 31.2 Å². The molecule has 5 heteroatoms. The molecule has 2 rings (SSSR count). The van der Waals surface area contributed by atoms with Crippen molar-refractivity contribution in [2.75, 3.05) is 33.8 Å². The topological polar surface area (TPSA) is 48.9 Å². The molecule has 1 aromatic rings. The summed E-state index contributed by atoms with van der Waals surface area (Å²) in [6, 6.07) is 9.02. The van der Waals surface area contributed by atoms with Crippen LogP contribution in [-0.2, 0) is 17.9 Å². The van der Waals surface area contributed by atoms with E-state index in [1.54, 1.807) is 7.11 Å². The Morgan fingerprint density at radius 2 is 1.88 bits per heavy atom. The molecule has 0 amide bonds. The molecule has 0 aromatic heterocycles. The standard InChI is InChI=1S/C19H32N4O/c1-4-11-23-12-9-18(10-13-23)22-19(20-2)21-14-16-5-7-17(8-6-16)15-24-3/h5-8,18H,4,9-15H2,1-3H3,(H2,20,21,22). The average Bonchev–Trinajstić information content (AvgIpc) is 2.62. The molecule has 0 saturated carbocycles. The first-order chi connectivity index (χ1) is 11.7. The van der Waals surface area contributed by atoms with Crippen LogP contribution in [0.2, 0.25) is 0 Å². The fourth-order valence-electron chi connectivity index (χ4n) is 3.11.